The molecule has 0 unspecified atom stereocenters. The normalized spacial score (nSPS) is 10.5. The SMILES string of the molecule is CCOC(=O)c1cnc(-c2ccc(OC)cc2)nc1Nc1cccc(Nc2nc(C)cc(C)n2)c1. The lowest BCUT2D eigenvalue weighted by Crippen LogP contribution is -2.11. The van der Waals surface area contributed by atoms with Crippen molar-refractivity contribution < 1.29 is 14.3 Å². The summed E-state index contributed by atoms with van der Waals surface area (Å²) in [4.78, 5) is 30.4. The van der Waals surface area contributed by atoms with Gasteiger partial charge >= 0.3 is 5.97 Å². The fourth-order valence-corrected chi connectivity index (χ4v) is 3.44. The third kappa shape index (κ3) is 5.89. The predicted molar refractivity (Wildman–Crippen MR) is 134 cm³/mol. The molecule has 0 amide bonds. The Labute approximate surface area is 203 Å². The van der Waals surface area contributed by atoms with E-state index in [0.717, 1.165) is 28.4 Å². The van der Waals surface area contributed by atoms with Crippen molar-refractivity contribution in [1.82, 2.24) is 19.9 Å². The Bertz CT molecular complexity index is 1320. The highest BCUT2D eigenvalue weighted by Gasteiger charge is 2.17. The number of methoxy groups -OCH3 is 1. The third-order valence-corrected chi connectivity index (χ3v) is 5.00. The maximum atomic E-state index is 12.6. The highest BCUT2D eigenvalue weighted by atomic mass is 16.5. The minimum absolute atomic E-state index is 0.236. The van der Waals surface area contributed by atoms with E-state index in [9.17, 15) is 4.79 Å². The van der Waals surface area contributed by atoms with Crippen LogP contribution in [0, 0.1) is 13.8 Å². The molecule has 35 heavy (non-hydrogen) atoms. The first kappa shape index (κ1) is 23.6. The first-order chi connectivity index (χ1) is 16.9. The van der Waals surface area contributed by atoms with Gasteiger partial charge in [-0.3, -0.25) is 0 Å². The Balaban J connectivity index is 1.65. The highest BCUT2D eigenvalue weighted by molar-refractivity contribution is 5.95. The summed E-state index contributed by atoms with van der Waals surface area (Å²) in [6.45, 7) is 5.84. The van der Waals surface area contributed by atoms with E-state index in [1.165, 1.54) is 6.20 Å². The summed E-state index contributed by atoms with van der Waals surface area (Å²) in [7, 11) is 1.61. The second kappa shape index (κ2) is 10.6. The van der Waals surface area contributed by atoms with Crippen molar-refractivity contribution >= 4 is 29.1 Å². The number of aryl methyl sites for hydroxylation is 2. The van der Waals surface area contributed by atoms with Crippen LogP contribution in [0.15, 0.2) is 60.8 Å². The number of ether oxygens (including phenoxy) is 2. The fraction of sp³-hybridized carbons (Fsp3) is 0.192. The van der Waals surface area contributed by atoms with E-state index in [1.54, 1.807) is 14.0 Å². The maximum Gasteiger partial charge on any atom is 0.343 e. The Morgan fingerprint density at radius 1 is 0.914 bits per heavy atom. The quantitative estimate of drug-likeness (QED) is 0.335. The molecule has 0 bridgehead atoms. The summed E-state index contributed by atoms with van der Waals surface area (Å²) in [6, 6.07) is 16.8. The summed E-state index contributed by atoms with van der Waals surface area (Å²) < 4.78 is 10.4. The molecule has 4 rings (SSSR count). The van der Waals surface area contributed by atoms with Crippen LogP contribution < -0.4 is 15.4 Å². The van der Waals surface area contributed by atoms with Crippen LogP contribution in [0.4, 0.5) is 23.1 Å². The van der Waals surface area contributed by atoms with Gasteiger partial charge in [-0.1, -0.05) is 6.07 Å². The maximum absolute atomic E-state index is 12.6. The van der Waals surface area contributed by atoms with Crippen LogP contribution in [0.3, 0.4) is 0 Å². The number of nitrogens with one attached hydrogen (secondary N) is 2. The summed E-state index contributed by atoms with van der Waals surface area (Å²) in [5, 5.41) is 6.46. The van der Waals surface area contributed by atoms with Gasteiger partial charge in [0, 0.05) is 34.5 Å². The lowest BCUT2D eigenvalue weighted by molar-refractivity contribution is 0.0526. The molecule has 178 valence electrons. The van der Waals surface area contributed by atoms with Crippen molar-refractivity contribution in [1.29, 1.82) is 0 Å². The first-order valence-electron chi connectivity index (χ1n) is 11.1. The van der Waals surface area contributed by atoms with Crippen LogP contribution in [0.2, 0.25) is 0 Å². The molecule has 2 aromatic heterocycles. The van der Waals surface area contributed by atoms with Crippen molar-refractivity contribution in [2.75, 3.05) is 24.4 Å². The molecule has 4 aromatic rings. The Morgan fingerprint density at radius 3 is 2.26 bits per heavy atom. The molecular weight excluding hydrogens is 444 g/mol. The third-order valence-electron chi connectivity index (χ3n) is 5.00. The number of benzene rings is 2. The van der Waals surface area contributed by atoms with Gasteiger partial charge in [0.25, 0.3) is 0 Å². The molecular formula is C26H26N6O3. The number of hydrogen-bond donors (Lipinski definition) is 2. The largest absolute Gasteiger partial charge is 0.497 e. The number of nitrogens with zero attached hydrogens (tertiary/aromatic N) is 4. The minimum Gasteiger partial charge on any atom is -0.497 e. The Morgan fingerprint density at radius 2 is 1.60 bits per heavy atom. The van der Waals surface area contributed by atoms with Crippen molar-refractivity contribution in [2.24, 2.45) is 0 Å². The van der Waals surface area contributed by atoms with Crippen LogP contribution in [0.5, 0.6) is 5.75 Å². The molecule has 0 spiro atoms. The lowest BCUT2D eigenvalue weighted by atomic mass is 10.2. The zero-order valence-electron chi connectivity index (χ0n) is 20.0. The van der Waals surface area contributed by atoms with E-state index in [0.29, 0.717) is 23.3 Å². The predicted octanol–water partition coefficient (Wildman–Crippen LogP) is 5.22. The van der Waals surface area contributed by atoms with Gasteiger partial charge in [-0.2, -0.15) is 0 Å². The molecule has 0 aliphatic carbocycles. The van der Waals surface area contributed by atoms with Crippen LogP contribution >= 0.6 is 0 Å². The van der Waals surface area contributed by atoms with Gasteiger partial charge in [-0.05, 0) is 69.3 Å². The summed E-state index contributed by atoms with van der Waals surface area (Å²) >= 11 is 0. The van der Waals surface area contributed by atoms with Gasteiger partial charge in [-0.25, -0.2) is 24.7 Å². The molecule has 0 aliphatic heterocycles. The smallest absolute Gasteiger partial charge is 0.343 e. The van der Waals surface area contributed by atoms with Gasteiger partial charge in [0.2, 0.25) is 5.95 Å². The van der Waals surface area contributed by atoms with E-state index in [4.69, 9.17) is 9.47 Å². The molecule has 0 fully saturated rings. The standard InChI is InChI=1S/C26H26N6O3/c1-5-35-25(33)22-15-27-23(18-9-11-21(34-4)12-10-18)32-24(22)30-19-7-6-8-20(14-19)31-26-28-16(2)13-17(3)29-26/h6-15H,5H2,1-4H3,(H,27,30,32)(H,28,29,31). The molecule has 0 saturated carbocycles. The van der Waals surface area contributed by atoms with Gasteiger partial charge in [0.15, 0.2) is 5.82 Å². The monoisotopic (exact) mass is 470 g/mol. The molecule has 2 heterocycles. The van der Waals surface area contributed by atoms with Crippen molar-refractivity contribution in [3.05, 3.63) is 77.7 Å². The van der Waals surface area contributed by atoms with Crippen LogP contribution in [0.1, 0.15) is 28.7 Å². The second-order valence-electron chi connectivity index (χ2n) is 7.71. The first-order valence-corrected chi connectivity index (χ1v) is 11.1. The Kier molecular flexibility index (Phi) is 7.15. The zero-order valence-corrected chi connectivity index (χ0v) is 20.0. The number of anilines is 4. The lowest BCUT2D eigenvalue weighted by Gasteiger charge is -2.13. The molecule has 9 nitrogen and oxygen atoms in total. The van der Waals surface area contributed by atoms with E-state index >= 15 is 0 Å². The zero-order chi connectivity index (χ0) is 24.8. The van der Waals surface area contributed by atoms with Gasteiger partial charge < -0.3 is 20.1 Å². The average molecular weight is 471 g/mol. The number of rotatable bonds is 8. The summed E-state index contributed by atoms with van der Waals surface area (Å²) in [5.41, 5.74) is 4.26. The fourth-order valence-electron chi connectivity index (χ4n) is 3.44. The van der Waals surface area contributed by atoms with Gasteiger partial charge in [0.1, 0.15) is 17.1 Å². The number of hydrogen-bond acceptors (Lipinski definition) is 9. The minimum atomic E-state index is -0.505. The van der Waals surface area contributed by atoms with E-state index in [2.05, 4.69) is 30.6 Å². The van der Waals surface area contributed by atoms with Crippen molar-refractivity contribution in [2.45, 2.75) is 20.8 Å². The molecule has 2 N–H and O–H groups in total. The number of esters is 1. The van der Waals surface area contributed by atoms with Crippen LogP contribution in [-0.2, 0) is 4.74 Å². The Hall–Kier alpha value is -4.53. The van der Waals surface area contributed by atoms with Crippen LogP contribution in [-0.4, -0.2) is 39.6 Å². The van der Waals surface area contributed by atoms with Gasteiger partial charge in [-0.15, -0.1) is 0 Å². The highest BCUT2D eigenvalue weighted by Crippen LogP contribution is 2.26. The van der Waals surface area contributed by atoms with Crippen molar-refractivity contribution in [3.8, 4) is 17.1 Å². The number of carbonyl (C=O) groups excluding carboxylic acids is 1. The topological polar surface area (TPSA) is 111 Å². The summed E-state index contributed by atoms with van der Waals surface area (Å²) in [6.07, 6.45) is 1.47. The van der Waals surface area contributed by atoms with E-state index < -0.39 is 5.97 Å². The average Bonchev–Trinajstić information content (AvgIpc) is 2.84. The number of carbonyl (C=O) groups is 1. The van der Waals surface area contributed by atoms with Gasteiger partial charge in [0.05, 0.1) is 13.7 Å². The van der Waals surface area contributed by atoms with Crippen molar-refractivity contribution in [3.63, 3.8) is 0 Å². The van der Waals surface area contributed by atoms with E-state index in [1.807, 2.05) is 68.4 Å². The molecule has 2 aromatic carbocycles. The summed E-state index contributed by atoms with van der Waals surface area (Å²) in [5.74, 6) is 1.53. The molecule has 0 radical (unpaired) electrons. The molecule has 0 aliphatic rings. The van der Waals surface area contributed by atoms with Crippen LogP contribution in [0.25, 0.3) is 11.4 Å². The van der Waals surface area contributed by atoms with E-state index in [-0.39, 0.29) is 12.2 Å². The number of aromatic nitrogens is 4. The molecule has 0 saturated heterocycles. The molecule has 9 heteroatoms. The second-order valence-corrected chi connectivity index (χ2v) is 7.71. The molecule has 0 atom stereocenters.